The Balaban J connectivity index is 1.95. The van der Waals surface area contributed by atoms with E-state index in [-0.39, 0.29) is 12.2 Å². The largest absolute Gasteiger partial charge is 0.497 e. The van der Waals surface area contributed by atoms with Crippen LogP contribution in [0, 0.1) is 11.6 Å². The monoisotopic (exact) mass is 480 g/mol. The van der Waals surface area contributed by atoms with Crippen molar-refractivity contribution in [1.29, 1.82) is 0 Å². The fraction of sp³-hybridized carbons (Fsp3) is 0.160. The van der Waals surface area contributed by atoms with E-state index in [0.717, 1.165) is 21.3 Å². The first-order valence-corrected chi connectivity index (χ1v) is 10.7. The zero-order chi connectivity index (χ0) is 25.1. The van der Waals surface area contributed by atoms with Gasteiger partial charge in [0.25, 0.3) is 0 Å². The van der Waals surface area contributed by atoms with Gasteiger partial charge in [-0.05, 0) is 29.8 Å². The summed E-state index contributed by atoms with van der Waals surface area (Å²) in [6, 6.07) is 17.3. The highest BCUT2D eigenvalue weighted by atomic mass is 19.1. The summed E-state index contributed by atoms with van der Waals surface area (Å²) < 4.78 is 36.1. The normalized spacial score (nSPS) is 11.9. The van der Waals surface area contributed by atoms with E-state index in [9.17, 15) is 23.2 Å². The standard InChI is InChI=1S/C25H22F2N4O4/c1-35-18-10-5-9-17(13-18)31-24(33)29(14-19-20(26)11-6-12-21(19)27)23(32)30(25(31)34)15-22(28)16-7-3-2-4-8-16/h2-13,22H,14-15,28H2,1H3/t22-/m1/s1. The Bertz CT molecular complexity index is 1520. The fourth-order valence-electron chi connectivity index (χ4n) is 3.74. The quantitative estimate of drug-likeness (QED) is 0.437. The summed E-state index contributed by atoms with van der Waals surface area (Å²) in [6.07, 6.45) is 0. The Hall–Kier alpha value is -4.31. The van der Waals surface area contributed by atoms with Crippen molar-refractivity contribution in [3.05, 3.63) is 127 Å². The number of nitrogens with zero attached hydrogens (tertiary/aromatic N) is 3. The van der Waals surface area contributed by atoms with Crippen LogP contribution in [0.15, 0.2) is 87.2 Å². The third-order valence-electron chi connectivity index (χ3n) is 5.60. The van der Waals surface area contributed by atoms with Crippen LogP contribution in [0.3, 0.4) is 0 Å². The average Bonchev–Trinajstić information content (AvgIpc) is 2.86. The minimum atomic E-state index is -1.06. The molecule has 0 fully saturated rings. The van der Waals surface area contributed by atoms with Crippen molar-refractivity contribution in [3.8, 4) is 11.4 Å². The van der Waals surface area contributed by atoms with Gasteiger partial charge in [0.2, 0.25) is 0 Å². The highest BCUT2D eigenvalue weighted by Crippen LogP contribution is 2.15. The van der Waals surface area contributed by atoms with Crippen molar-refractivity contribution in [2.45, 2.75) is 19.1 Å². The number of hydrogen-bond acceptors (Lipinski definition) is 5. The van der Waals surface area contributed by atoms with E-state index < -0.39 is 46.9 Å². The molecule has 0 aliphatic heterocycles. The molecule has 4 aromatic rings. The first-order valence-electron chi connectivity index (χ1n) is 10.7. The molecule has 0 aliphatic rings. The predicted molar refractivity (Wildman–Crippen MR) is 126 cm³/mol. The zero-order valence-electron chi connectivity index (χ0n) is 18.7. The van der Waals surface area contributed by atoms with Gasteiger partial charge in [-0.2, -0.15) is 0 Å². The van der Waals surface area contributed by atoms with Gasteiger partial charge in [0.1, 0.15) is 17.4 Å². The molecule has 0 saturated heterocycles. The Morgan fingerprint density at radius 1 is 0.829 bits per heavy atom. The number of halogens is 2. The molecule has 8 nitrogen and oxygen atoms in total. The van der Waals surface area contributed by atoms with Crippen molar-refractivity contribution < 1.29 is 13.5 Å². The molecule has 1 heterocycles. The molecule has 10 heteroatoms. The molecule has 0 spiro atoms. The molecule has 4 rings (SSSR count). The lowest BCUT2D eigenvalue weighted by Crippen LogP contribution is -2.55. The van der Waals surface area contributed by atoms with Gasteiger partial charge in [0.15, 0.2) is 0 Å². The van der Waals surface area contributed by atoms with Gasteiger partial charge in [0, 0.05) is 17.7 Å². The van der Waals surface area contributed by atoms with Gasteiger partial charge in [-0.1, -0.05) is 42.5 Å². The Morgan fingerprint density at radius 2 is 1.46 bits per heavy atom. The Morgan fingerprint density at radius 3 is 2.11 bits per heavy atom. The molecule has 2 N–H and O–H groups in total. The third kappa shape index (κ3) is 4.69. The smallest absolute Gasteiger partial charge is 0.341 e. The molecule has 0 saturated carbocycles. The fourth-order valence-corrected chi connectivity index (χ4v) is 3.74. The van der Waals surface area contributed by atoms with Crippen LogP contribution in [0.25, 0.3) is 5.69 Å². The molecule has 1 aromatic heterocycles. The maximum Gasteiger partial charge on any atom is 0.341 e. The van der Waals surface area contributed by atoms with Gasteiger partial charge >= 0.3 is 17.1 Å². The van der Waals surface area contributed by atoms with Crippen molar-refractivity contribution in [1.82, 2.24) is 13.7 Å². The first-order chi connectivity index (χ1) is 16.8. The van der Waals surface area contributed by atoms with E-state index in [1.807, 2.05) is 0 Å². The molecule has 0 radical (unpaired) electrons. The first kappa shape index (κ1) is 23.8. The van der Waals surface area contributed by atoms with E-state index in [4.69, 9.17) is 10.5 Å². The van der Waals surface area contributed by atoms with Crippen molar-refractivity contribution in [2.24, 2.45) is 5.73 Å². The molecule has 3 aromatic carbocycles. The van der Waals surface area contributed by atoms with Crippen LogP contribution in [-0.4, -0.2) is 20.8 Å². The maximum atomic E-state index is 14.4. The number of ether oxygens (including phenoxy) is 1. The highest BCUT2D eigenvalue weighted by Gasteiger charge is 2.21. The predicted octanol–water partition coefficient (Wildman–Crippen LogP) is 2.20. The summed E-state index contributed by atoms with van der Waals surface area (Å²) in [4.78, 5) is 40.0. The number of hydrogen-bond donors (Lipinski definition) is 1. The second-order valence-corrected chi connectivity index (χ2v) is 7.80. The van der Waals surface area contributed by atoms with Crippen LogP contribution in [0.1, 0.15) is 17.2 Å². The minimum Gasteiger partial charge on any atom is -0.497 e. The molecule has 35 heavy (non-hydrogen) atoms. The van der Waals surface area contributed by atoms with Crippen molar-refractivity contribution in [3.63, 3.8) is 0 Å². The molecule has 0 unspecified atom stereocenters. The lowest BCUT2D eigenvalue weighted by Gasteiger charge is -2.18. The number of rotatable bonds is 7. The van der Waals surface area contributed by atoms with Crippen molar-refractivity contribution >= 4 is 0 Å². The van der Waals surface area contributed by atoms with Gasteiger partial charge in [0.05, 0.1) is 25.9 Å². The Labute approximate surface area is 198 Å². The maximum absolute atomic E-state index is 14.4. The van der Waals surface area contributed by atoms with E-state index in [2.05, 4.69) is 0 Å². The average molecular weight is 480 g/mol. The van der Waals surface area contributed by atoms with E-state index in [1.54, 1.807) is 42.5 Å². The molecule has 1 atom stereocenters. The summed E-state index contributed by atoms with van der Waals surface area (Å²) in [5, 5.41) is 0. The number of nitrogens with two attached hydrogens (primary N) is 1. The van der Waals surface area contributed by atoms with Crippen LogP contribution >= 0.6 is 0 Å². The lowest BCUT2D eigenvalue weighted by molar-refractivity contribution is 0.414. The highest BCUT2D eigenvalue weighted by molar-refractivity contribution is 5.39. The van der Waals surface area contributed by atoms with Gasteiger partial charge in [-0.25, -0.2) is 36.9 Å². The number of methoxy groups -OCH3 is 1. The van der Waals surface area contributed by atoms with Gasteiger partial charge < -0.3 is 10.5 Å². The van der Waals surface area contributed by atoms with E-state index in [1.165, 1.54) is 25.3 Å². The van der Waals surface area contributed by atoms with Crippen LogP contribution in [0.5, 0.6) is 5.75 Å². The molecule has 180 valence electrons. The van der Waals surface area contributed by atoms with Gasteiger partial charge in [-0.3, -0.25) is 0 Å². The van der Waals surface area contributed by atoms with Crippen LogP contribution in [-0.2, 0) is 13.1 Å². The third-order valence-corrected chi connectivity index (χ3v) is 5.60. The topological polar surface area (TPSA) is 101 Å². The summed E-state index contributed by atoms with van der Waals surface area (Å²) in [6.45, 7) is -0.993. The molecule has 0 aliphatic carbocycles. The van der Waals surface area contributed by atoms with E-state index >= 15 is 0 Å². The SMILES string of the molecule is COc1cccc(-n2c(=O)n(Cc3c(F)cccc3F)c(=O)n(C[C@@H](N)c3ccccc3)c2=O)c1. The summed E-state index contributed by atoms with van der Waals surface area (Å²) in [7, 11) is 1.42. The molecule has 0 amide bonds. The Kier molecular flexibility index (Phi) is 6.74. The van der Waals surface area contributed by atoms with Crippen LogP contribution in [0.4, 0.5) is 8.78 Å². The lowest BCUT2D eigenvalue weighted by atomic mass is 10.1. The van der Waals surface area contributed by atoms with Crippen molar-refractivity contribution in [2.75, 3.05) is 7.11 Å². The number of aromatic nitrogens is 3. The van der Waals surface area contributed by atoms with E-state index in [0.29, 0.717) is 15.9 Å². The summed E-state index contributed by atoms with van der Waals surface area (Å²) in [5.74, 6) is -1.50. The summed E-state index contributed by atoms with van der Waals surface area (Å²) >= 11 is 0. The molecule has 0 bridgehead atoms. The summed E-state index contributed by atoms with van der Waals surface area (Å²) in [5.41, 5.74) is 3.51. The molecular weight excluding hydrogens is 458 g/mol. The second kappa shape index (κ2) is 9.90. The second-order valence-electron chi connectivity index (χ2n) is 7.80. The van der Waals surface area contributed by atoms with Gasteiger partial charge in [-0.15, -0.1) is 0 Å². The number of benzene rings is 3. The molecular formula is C25H22F2N4O4. The van der Waals surface area contributed by atoms with Crippen LogP contribution in [0.2, 0.25) is 0 Å². The minimum absolute atomic E-state index is 0.115. The van der Waals surface area contributed by atoms with Crippen LogP contribution < -0.4 is 27.5 Å². The zero-order valence-corrected chi connectivity index (χ0v) is 18.7.